The first kappa shape index (κ1) is 13.8. The van der Waals surface area contributed by atoms with Crippen LogP contribution in [0.4, 0.5) is 4.79 Å². The number of hydrogen-bond donors (Lipinski definition) is 3. The van der Waals surface area contributed by atoms with Gasteiger partial charge in [-0.1, -0.05) is 13.8 Å². The molecule has 2 unspecified atom stereocenters. The Balaban J connectivity index is 2.38. The molecule has 1 saturated heterocycles. The van der Waals surface area contributed by atoms with Crippen molar-refractivity contribution in [2.75, 3.05) is 13.2 Å². The highest BCUT2D eigenvalue weighted by Gasteiger charge is 2.24. The van der Waals surface area contributed by atoms with Crippen molar-refractivity contribution in [2.45, 2.75) is 38.8 Å². The first-order chi connectivity index (χ1) is 8.00. The SMILES string of the molecule is CC(C)C(NC(=O)NC1CCCOC1)C(=O)O. The monoisotopic (exact) mass is 244 g/mol. The van der Waals surface area contributed by atoms with E-state index in [2.05, 4.69) is 10.6 Å². The van der Waals surface area contributed by atoms with Crippen LogP contribution in [-0.2, 0) is 9.53 Å². The van der Waals surface area contributed by atoms with Crippen LogP contribution in [0.3, 0.4) is 0 Å². The van der Waals surface area contributed by atoms with E-state index < -0.39 is 18.0 Å². The van der Waals surface area contributed by atoms with Gasteiger partial charge in [0, 0.05) is 6.61 Å². The maximum atomic E-state index is 11.6. The summed E-state index contributed by atoms with van der Waals surface area (Å²) in [4.78, 5) is 22.5. The summed E-state index contributed by atoms with van der Waals surface area (Å²) < 4.78 is 5.22. The second-order valence-electron chi connectivity index (χ2n) is 4.59. The Morgan fingerprint density at radius 2 is 2.12 bits per heavy atom. The third-order valence-electron chi connectivity index (χ3n) is 2.71. The summed E-state index contributed by atoms with van der Waals surface area (Å²) in [7, 11) is 0. The summed E-state index contributed by atoms with van der Waals surface area (Å²) >= 11 is 0. The quantitative estimate of drug-likeness (QED) is 0.674. The molecule has 98 valence electrons. The molecule has 0 spiro atoms. The lowest BCUT2D eigenvalue weighted by molar-refractivity contribution is -0.140. The smallest absolute Gasteiger partial charge is 0.326 e. The van der Waals surface area contributed by atoms with Gasteiger partial charge in [-0.3, -0.25) is 0 Å². The van der Waals surface area contributed by atoms with Crippen molar-refractivity contribution in [1.82, 2.24) is 10.6 Å². The van der Waals surface area contributed by atoms with Crippen LogP contribution in [0.1, 0.15) is 26.7 Å². The molecule has 3 N–H and O–H groups in total. The predicted molar refractivity (Wildman–Crippen MR) is 61.8 cm³/mol. The van der Waals surface area contributed by atoms with Gasteiger partial charge in [-0.2, -0.15) is 0 Å². The van der Waals surface area contributed by atoms with Crippen LogP contribution in [0.15, 0.2) is 0 Å². The number of carbonyl (C=O) groups is 2. The van der Waals surface area contributed by atoms with Crippen LogP contribution in [-0.4, -0.2) is 42.4 Å². The van der Waals surface area contributed by atoms with Crippen molar-refractivity contribution in [3.63, 3.8) is 0 Å². The van der Waals surface area contributed by atoms with Gasteiger partial charge in [-0.15, -0.1) is 0 Å². The van der Waals surface area contributed by atoms with Gasteiger partial charge in [0.05, 0.1) is 12.6 Å². The van der Waals surface area contributed by atoms with Crippen LogP contribution in [0.5, 0.6) is 0 Å². The molecule has 0 saturated carbocycles. The Morgan fingerprint density at radius 1 is 1.41 bits per heavy atom. The third kappa shape index (κ3) is 4.60. The number of carboxylic acids is 1. The molecule has 0 aromatic rings. The van der Waals surface area contributed by atoms with Crippen molar-refractivity contribution in [3.05, 3.63) is 0 Å². The average Bonchev–Trinajstić information content (AvgIpc) is 2.26. The molecule has 0 aromatic carbocycles. The Bertz CT molecular complexity index is 275. The van der Waals surface area contributed by atoms with E-state index >= 15 is 0 Å². The molecular weight excluding hydrogens is 224 g/mol. The second kappa shape index (κ2) is 6.44. The summed E-state index contributed by atoms with van der Waals surface area (Å²) in [5.74, 6) is -1.17. The van der Waals surface area contributed by atoms with Gasteiger partial charge in [0.2, 0.25) is 0 Å². The number of aliphatic carboxylic acids is 1. The van der Waals surface area contributed by atoms with Crippen molar-refractivity contribution in [1.29, 1.82) is 0 Å². The Kier molecular flexibility index (Phi) is 5.21. The molecule has 6 nitrogen and oxygen atoms in total. The highest BCUT2D eigenvalue weighted by atomic mass is 16.5. The molecule has 17 heavy (non-hydrogen) atoms. The Labute approximate surface area is 101 Å². The van der Waals surface area contributed by atoms with Crippen molar-refractivity contribution in [2.24, 2.45) is 5.92 Å². The number of carbonyl (C=O) groups excluding carboxylic acids is 1. The first-order valence-corrected chi connectivity index (χ1v) is 5.88. The molecule has 1 heterocycles. The number of carboxylic acid groups (broad SMARTS) is 1. The molecule has 1 aliphatic rings. The van der Waals surface area contributed by atoms with Crippen LogP contribution in [0, 0.1) is 5.92 Å². The highest BCUT2D eigenvalue weighted by Crippen LogP contribution is 2.06. The minimum atomic E-state index is -1.02. The van der Waals surface area contributed by atoms with E-state index in [1.54, 1.807) is 13.8 Å². The Morgan fingerprint density at radius 3 is 2.59 bits per heavy atom. The summed E-state index contributed by atoms with van der Waals surface area (Å²) in [5, 5.41) is 14.1. The van der Waals surface area contributed by atoms with E-state index in [1.165, 1.54) is 0 Å². The van der Waals surface area contributed by atoms with E-state index in [1.807, 2.05) is 0 Å². The number of nitrogens with one attached hydrogen (secondary N) is 2. The second-order valence-corrected chi connectivity index (χ2v) is 4.59. The molecule has 0 radical (unpaired) electrons. The zero-order valence-corrected chi connectivity index (χ0v) is 10.2. The predicted octanol–water partition coefficient (Wildman–Crippen LogP) is 0.574. The molecular formula is C11H20N2O4. The molecule has 2 amide bonds. The summed E-state index contributed by atoms with van der Waals surface area (Å²) in [6.45, 7) is 4.72. The lowest BCUT2D eigenvalue weighted by atomic mass is 10.1. The van der Waals surface area contributed by atoms with Gasteiger partial charge in [0.1, 0.15) is 6.04 Å². The van der Waals surface area contributed by atoms with E-state index in [0.717, 1.165) is 19.4 Å². The van der Waals surface area contributed by atoms with Crippen LogP contribution in [0.25, 0.3) is 0 Å². The van der Waals surface area contributed by atoms with Crippen LogP contribution < -0.4 is 10.6 Å². The molecule has 1 fully saturated rings. The largest absolute Gasteiger partial charge is 0.480 e. The van der Waals surface area contributed by atoms with E-state index in [4.69, 9.17) is 9.84 Å². The highest BCUT2D eigenvalue weighted by molar-refractivity contribution is 5.82. The minimum Gasteiger partial charge on any atom is -0.480 e. The van der Waals surface area contributed by atoms with Gasteiger partial charge in [0.15, 0.2) is 0 Å². The molecule has 6 heteroatoms. The van der Waals surface area contributed by atoms with E-state index in [9.17, 15) is 9.59 Å². The maximum absolute atomic E-state index is 11.6. The van der Waals surface area contributed by atoms with Gasteiger partial charge in [-0.25, -0.2) is 9.59 Å². The molecule has 0 aromatic heterocycles. The maximum Gasteiger partial charge on any atom is 0.326 e. The molecule has 0 aliphatic carbocycles. The zero-order chi connectivity index (χ0) is 12.8. The molecule has 0 bridgehead atoms. The number of rotatable bonds is 4. The van der Waals surface area contributed by atoms with Gasteiger partial charge in [0.25, 0.3) is 0 Å². The molecule has 1 rings (SSSR count). The number of ether oxygens (including phenoxy) is 1. The van der Waals surface area contributed by atoms with Crippen LogP contribution in [0.2, 0.25) is 0 Å². The Hall–Kier alpha value is -1.30. The average molecular weight is 244 g/mol. The summed E-state index contributed by atoms with van der Waals surface area (Å²) in [5.41, 5.74) is 0. The topological polar surface area (TPSA) is 87.7 Å². The standard InChI is InChI=1S/C11H20N2O4/c1-7(2)9(10(14)15)13-11(16)12-8-4-3-5-17-6-8/h7-9H,3-6H2,1-2H3,(H,14,15)(H2,12,13,16). The normalized spacial score (nSPS) is 21.9. The first-order valence-electron chi connectivity index (χ1n) is 5.88. The van der Waals surface area contributed by atoms with Crippen LogP contribution >= 0.6 is 0 Å². The summed E-state index contributed by atoms with van der Waals surface area (Å²) in [6, 6.07) is -1.33. The number of urea groups is 1. The minimum absolute atomic E-state index is 0.0228. The van der Waals surface area contributed by atoms with Gasteiger partial charge < -0.3 is 20.5 Å². The lowest BCUT2D eigenvalue weighted by Gasteiger charge is -2.25. The fourth-order valence-electron chi connectivity index (χ4n) is 1.74. The van der Waals surface area contributed by atoms with Crippen molar-refractivity contribution >= 4 is 12.0 Å². The molecule has 1 aliphatic heterocycles. The third-order valence-corrected chi connectivity index (χ3v) is 2.71. The fourth-order valence-corrected chi connectivity index (χ4v) is 1.74. The van der Waals surface area contributed by atoms with E-state index in [-0.39, 0.29) is 12.0 Å². The van der Waals surface area contributed by atoms with E-state index in [0.29, 0.717) is 6.61 Å². The molecule has 2 atom stereocenters. The number of amides is 2. The lowest BCUT2D eigenvalue weighted by Crippen LogP contribution is -2.52. The van der Waals surface area contributed by atoms with Gasteiger partial charge in [-0.05, 0) is 18.8 Å². The van der Waals surface area contributed by atoms with Crippen molar-refractivity contribution in [3.8, 4) is 0 Å². The van der Waals surface area contributed by atoms with Crippen molar-refractivity contribution < 1.29 is 19.4 Å². The number of hydrogen-bond acceptors (Lipinski definition) is 3. The summed E-state index contributed by atoms with van der Waals surface area (Å²) in [6.07, 6.45) is 1.78. The fraction of sp³-hybridized carbons (Fsp3) is 0.818. The zero-order valence-electron chi connectivity index (χ0n) is 10.2. The van der Waals surface area contributed by atoms with Gasteiger partial charge >= 0.3 is 12.0 Å².